The molecule has 16 heavy (non-hydrogen) atoms. The predicted octanol–water partition coefficient (Wildman–Crippen LogP) is -0.480. The highest BCUT2D eigenvalue weighted by Gasteiger charge is 2.22. The lowest BCUT2D eigenvalue weighted by Crippen LogP contribution is -2.47. The lowest BCUT2D eigenvalue weighted by atomic mass is 10.1. The number of carboxylic acid groups (broad SMARTS) is 1. The van der Waals surface area contributed by atoms with Gasteiger partial charge in [0.15, 0.2) is 5.78 Å². The number of Topliss-reactive ketones (excluding diaryl/α,β-unsaturated/α-hetero) is 1. The van der Waals surface area contributed by atoms with Gasteiger partial charge in [-0.2, -0.15) is 0 Å². The lowest BCUT2D eigenvalue weighted by molar-refractivity contribution is -0.141. The third-order valence-corrected chi connectivity index (χ3v) is 2.22. The van der Waals surface area contributed by atoms with Gasteiger partial charge >= 0.3 is 5.97 Å². The molecule has 0 aliphatic heterocycles. The van der Waals surface area contributed by atoms with Crippen LogP contribution in [0.5, 0.6) is 0 Å². The topological polar surface area (TPSA) is 109 Å². The van der Waals surface area contributed by atoms with Gasteiger partial charge in [0.1, 0.15) is 0 Å². The van der Waals surface area contributed by atoms with Crippen LogP contribution in [0.15, 0.2) is 0 Å². The summed E-state index contributed by atoms with van der Waals surface area (Å²) in [4.78, 5) is 33.2. The van der Waals surface area contributed by atoms with Crippen molar-refractivity contribution < 1.29 is 19.5 Å². The molecule has 0 aromatic carbocycles. The summed E-state index contributed by atoms with van der Waals surface area (Å²) in [7, 11) is 0. The van der Waals surface area contributed by atoms with E-state index in [1.54, 1.807) is 6.92 Å². The van der Waals surface area contributed by atoms with Crippen LogP contribution in [-0.4, -0.2) is 35.4 Å². The highest BCUT2D eigenvalue weighted by Crippen LogP contribution is 2.02. The van der Waals surface area contributed by atoms with Crippen molar-refractivity contribution in [2.75, 3.05) is 6.54 Å². The molecule has 6 heteroatoms. The quantitative estimate of drug-likeness (QED) is 0.547. The third-order valence-electron chi connectivity index (χ3n) is 2.22. The van der Waals surface area contributed by atoms with Gasteiger partial charge in [0.25, 0.3) is 0 Å². The highest BCUT2D eigenvalue weighted by molar-refractivity contribution is 5.90. The predicted molar refractivity (Wildman–Crippen MR) is 57.7 cm³/mol. The summed E-state index contributed by atoms with van der Waals surface area (Å²) in [6.45, 7) is 3.20. The minimum atomic E-state index is -1.05. The van der Waals surface area contributed by atoms with E-state index in [2.05, 4.69) is 5.32 Å². The Hall–Kier alpha value is -1.43. The van der Waals surface area contributed by atoms with Crippen LogP contribution in [0.3, 0.4) is 0 Å². The molecule has 92 valence electrons. The van der Waals surface area contributed by atoms with Crippen LogP contribution >= 0.6 is 0 Å². The van der Waals surface area contributed by atoms with Crippen LogP contribution in [-0.2, 0) is 14.4 Å². The lowest BCUT2D eigenvalue weighted by Gasteiger charge is -2.17. The molecule has 1 unspecified atom stereocenters. The average molecular weight is 230 g/mol. The number of nitrogens with one attached hydrogen (secondary N) is 1. The summed E-state index contributed by atoms with van der Waals surface area (Å²) in [5.41, 5.74) is 5.35. The number of carbonyl (C=O) groups excluding carboxylic acids is 2. The first-order valence-electron chi connectivity index (χ1n) is 5.17. The minimum absolute atomic E-state index is 0.0260. The van der Waals surface area contributed by atoms with Crippen LogP contribution in [0.2, 0.25) is 0 Å². The molecule has 1 amide bonds. The Balaban J connectivity index is 4.29. The molecule has 0 aromatic heterocycles. The molecule has 0 saturated heterocycles. The second kappa shape index (κ2) is 6.95. The van der Waals surface area contributed by atoms with Crippen LogP contribution in [0, 0.1) is 5.92 Å². The van der Waals surface area contributed by atoms with Gasteiger partial charge in [0.2, 0.25) is 5.91 Å². The smallest absolute Gasteiger partial charge is 0.304 e. The molecule has 0 aromatic rings. The van der Waals surface area contributed by atoms with Crippen LogP contribution < -0.4 is 11.1 Å². The van der Waals surface area contributed by atoms with E-state index in [1.165, 1.54) is 6.92 Å². The van der Waals surface area contributed by atoms with Crippen LogP contribution in [0.25, 0.3) is 0 Å². The Morgan fingerprint density at radius 1 is 1.38 bits per heavy atom. The zero-order chi connectivity index (χ0) is 12.7. The molecule has 0 aliphatic carbocycles. The molecule has 6 nitrogen and oxygen atoms in total. The Bertz CT molecular complexity index is 278. The van der Waals surface area contributed by atoms with Crippen molar-refractivity contribution in [2.24, 2.45) is 11.7 Å². The fourth-order valence-electron chi connectivity index (χ4n) is 1.19. The summed E-state index contributed by atoms with van der Waals surface area (Å²) >= 11 is 0. The summed E-state index contributed by atoms with van der Waals surface area (Å²) in [6.07, 6.45) is 0.0267. The average Bonchev–Trinajstić information content (AvgIpc) is 2.23. The van der Waals surface area contributed by atoms with Gasteiger partial charge in [-0.15, -0.1) is 0 Å². The van der Waals surface area contributed by atoms with Crippen molar-refractivity contribution in [1.82, 2.24) is 5.32 Å². The van der Waals surface area contributed by atoms with Crippen LogP contribution in [0.4, 0.5) is 0 Å². The summed E-state index contributed by atoms with van der Waals surface area (Å²) < 4.78 is 0. The van der Waals surface area contributed by atoms with Crippen LogP contribution in [0.1, 0.15) is 26.7 Å². The van der Waals surface area contributed by atoms with Crippen molar-refractivity contribution in [3.8, 4) is 0 Å². The zero-order valence-corrected chi connectivity index (χ0v) is 9.53. The molecule has 4 N–H and O–H groups in total. The highest BCUT2D eigenvalue weighted by atomic mass is 16.4. The number of carbonyl (C=O) groups is 3. The number of amides is 1. The first kappa shape index (κ1) is 14.6. The molecule has 0 aliphatic rings. The molecule has 0 rings (SSSR count). The second-order valence-corrected chi connectivity index (χ2v) is 3.62. The molecule has 0 radical (unpaired) electrons. The fraction of sp³-hybridized carbons (Fsp3) is 0.700. The number of ketones is 1. The van der Waals surface area contributed by atoms with Gasteiger partial charge in [0.05, 0.1) is 12.5 Å². The summed E-state index contributed by atoms with van der Waals surface area (Å²) in [5, 5.41) is 11.0. The third kappa shape index (κ3) is 4.88. The van der Waals surface area contributed by atoms with E-state index >= 15 is 0 Å². The van der Waals surface area contributed by atoms with Gasteiger partial charge in [-0.05, 0) is 0 Å². The van der Waals surface area contributed by atoms with E-state index in [-0.39, 0.29) is 25.2 Å². The number of nitrogens with two attached hydrogens (primary N) is 1. The maximum absolute atomic E-state index is 11.5. The molecular formula is C10H18N2O4. The number of hydrogen-bond acceptors (Lipinski definition) is 4. The van der Waals surface area contributed by atoms with Crippen molar-refractivity contribution in [3.05, 3.63) is 0 Å². The van der Waals surface area contributed by atoms with Crippen molar-refractivity contribution >= 4 is 17.7 Å². The van der Waals surface area contributed by atoms with E-state index in [9.17, 15) is 14.4 Å². The van der Waals surface area contributed by atoms with Gasteiger partial charge in [-0.1, -0.05) is 13.8 Å². The van der Waals surface area contributed by atoms with Gasteiger partial charge in [-0.25, -0.2) is 0 Å². The molecule has 2 atom stereocenters. The Labute approximate surface area is 94.2 Å². The largest absolute Gasteiger partial charge is 0.481 e. The molecule has 0 spiro atoms. The first-order valence-corrected chi connectivity index (χ1v) is 5.17. The minimum Gasteiger partial charge on any atom is -0.481 e. The molecular weight excluding hydrogens is 212 g/mol. The first-order chi connectivity index (χ1) is 7.42. The van der Waals surface area contributed by atoms with E-state index < -0.39 is 23.8 Å². The monoisotopic (exact) mass is 230 g/mol. The Kier molecular flexibility index (Phi) is 6.32. The Morgan fingerprint density at radius 2 is 1.94 bits per heavy atom. The van der Waals surface area contributed by atoms with Crippen molar-refractivity contribution in [2.45, 2.75) is 32.7 Å². The van der Waals surface area contributed by atoms with Gasteiger partial charge < -0.3 is 16.2 Å². The molecule has 0 bridgehead atoms. The zero-order valence-electron chi connectivity index (χ0n) is 9.53. The SMILES string of the molecule is CCC(=O)[C@H](CN)NC(=O)C(C)CC(=O)O. The molecule has 0 heterocycles. The second-order valence-electron chi connectivity index (χ2n) is 3.62. The van der Waals surface area contributed by atoms with E-state index in [1.807, 2.05) is 0 Å². The number of rotatable bonds is 7. The Morgan fingerprint density at radius 3 is 2.31 bits per heavy atom. The maximum Gasteiger partial charge on any atom is 0.304 e. The fourth-order valence-corrected chi connectivity index (χ4v) is 1.19. The van der Waals surface area contributed by atoms with Crippen molar-refractivity contribution in [1.29, 1.82) is 0 Å². The molecule has 0 fully saturated rings. The number of hydrogen-bond donors (Lipinski definition) is 3. The van der Waals surface area contributed by atoms with E-state index in [0.717, 1.165) is 0 Å². The summed E-state index contributed by atoms with van der Waals surface area (Å²) in [5.74, 6) is -2.33. The summed E-state index contributed by atoms with van der Waals surface area (Å²) in [6, 6.07) is -0.714. The number of carboxylic acids is 1. The standard InChI is InChI=1S/C10H18N2O4/c1-3-8(13)7(5-11)12-10(16)6(2)4-9(14)15/h6-7H,3-5,11H2,1-2H3,(H,12,16)(H,14,15)/t6?,7-/m0/s1. The number of aliphatic carboxylic acids is 1. The maximum atomic E-state index is 11.5. The van der Waals surface area contributed by atoms with Gasteiger partial charge in [0, 0.05) is 18.9 Å². The van der Waals surface area contributed by atoms with E-state index in [0.29, 0.717) is 0 Å². The molecule has 0 saturated carbocycles. The van der Waals surface area contributed by atoms with E-state index in [4.69, 9.17) is 10.8 Å². The van der Waals surface area contributed by atoms with Gasteiger partial charge in [-0.3, -0.25) is 14.4 Å². The van der Waals surface area contributed by atoms with Crippen molar-refractivity contribution in [3.63, 3.8) is 0 Å². The normalized spacial score (nSPS) is 13.9.